The number of hydrogen-bond acceptors (Lipinski definition) is 3. The fourth-order valence-corrected chi connectivity index (χ4v) is 2.47. The summed E-state index contributed by atoms with van der Waals surface area (Å²) in [6.07, 6.45) is 1.61. The highest BCUT2D eigenvalue weighted by Gasteiger charge is 2.21. The van der Waals surface area contributed by atoms with Crippen molar-refractivity contribution in [2.45, 2.75) is 6.92 Å². The number of carbonyl (C=O) groups excluding carboxylic acids is 1. The number of benzene rings is 1. The summed E-state index contributed by atoms with van der Waals surface area (Å²) in [7, 11) is 0. The van der Waals surface area contributed by atoms with E-state index in [1.54, 1.807) is 36.0 Å². The maximum absolute atomic E-state index is 12.4. The lowest BCUT2D eigenvalue weighted by atomic mass is 10.2. The molecular formula is C16H13ClN4O. The average molecular weight is 313 g/mol. The van der Waals surface area contributed by atoms with Gasteiger partial charge in [-0.2, -0.15) is 5.10 Å². The Labute approximate surface area is 132 Å². The number of carbonyl (C=O) groups is 1. The van der Waals surface area contributed by atoms with Crippen LogP contribution in [0.1, 0.15) is 16.1 Å². The van der Waals surface area contributed by atoms with E-state index in [9.17, 15) is 4.79 Å². The van der Waals surface area contributed by atoms with Gasteiger partial charge in [0.1, 0.15) is 16.5 Å². The van der Waals surface area contributed by atoms with Crippen LogP contribution in [-0.4, -0.2) is 20.7 Å². The summed E-state index contributed by atoms with van der Waals surface area (Å²) >= 11 is 6.34. The van der Waals surface area contributed by atoms with Crippen molar-refractivity contribution in [2.24, 2.45) is 0 Å². The second-order valence-corrected chi connectivity index (χ2v) is 5.03. The first-order valence-electron chi connectivity index (χ1n) is 6.70. The van der Waals surface area contributed by atoms with Gasteiger partial charge in [0.05, 0.1) is 11.4 Å². The molecule has 0 atom stereocenters. The fourth-order valence-electron chi connectivity index (χ4n) is 2.11. The largest absolute Gasteiger partial charge is 0.306 e. The number of amides is 1. The molecular weight excluding hydrogens is 300 g/mol. The van der Waals surface area contributed by atoms with Crippen molar-refractivity contribution >= 4 is 23.3 Å². The van der Waals surface area contributed by atoms with Crippen molar-refractivity contribution in [3.8, 4) is 5.69 Å². The maximum atomic E-state index is 12.4. The molecule has 6 heteroatoms. The fraction of sp³-hybridized carbons (Fsp3) is 0.0625. The molecule has 0 aliphatic heterocycles. The first-order valence-corrected chi connectivity index (χ1v) is 7.07. The van der Waals surface area contributed by atoms with Gasteiger partial charge in [0, 0.05) is 6.20 Å². The van der Waals surface area contributed by atoms with Crippen LogP contribution in [0.2, 0.25) is 5.15 Å². The molecule has 0 saturated carbocycles. The van der Waals surface area contributed by atoms with Crippen LogP contribution in [0.5, 0.6) is 0 Å². The molecule has 0 radical (unpaired) electrons. The number of pyridine rings is 1. The zero-order valence-corrected chi connectivity index (χ0v) is 12.6. The molecule has 22 heavy (non-hydrogen) atoms. The van der Waals surface area contributed by atoms with Gasteiger partial charge in [0.2, 0.25) is 0 Å². The van der Waals surface area contributed by atoms with E-state index in [1.165, 1.54) is 0 Å². The number of hydrogen-bond donors (Lipinski definition) is 1. The van der Waals surface area contributed by atoms with Gasteiger partial charge in [-0.25, -0.2) is 9.67 Å². The van der Waals surface area contributed by atoms with Crippen LogP contribution in [0.3, 0.4) is 0 Å². The lowest BCUT2D eigenvalue weighted by Gasteiger charge is -2.04. The molecule has 3 rings (SSSR count). The Morgan fingerprint density at radius 3 is 2.55 bits per heavy atom. The van der Waals surface area contributed by atoms with Crippen LogP contribution < -0.4 is 5.32 Å². The third-order valence-electron chi connectivity index (χ3n) is 3.14. The van der Waals surface area contributed by atoms with Crippen molar-refractivity contribution in [3.05, 3.63) is 71.1 Å². The first-order chi connectivity index (χ1) is 10.7. The topological polar surface area (TPSA) is 59.8 Å². The van der Waals surface area contributed by atoms with Gasteiger partial charge >= 0.3 is 0 Å². The molecule has 0 unspecified atom stereocenters. The van der Waals surface area contributed by atoms with Gasteiger partial charge < -0.3 is 5.32 Å². The summed E-state index contributed by atoms with van der Waals surface area (Å²) in [5.41, 5.74) is 1.70. The van der Waals surface area contributed by atoms with E-state index in [0.717, 1.165) is 5.69 Å². The lowest BCUT2D eigenvalue weighted by molar-refractivity contribution is 0.102. The van der Waals surface area contributed by atoms with Crippen LogP contribution in [-0.2, 0) is 0 Å². The lowest BCUT2D eigenvalue weighted by Crippen LogP contribution is -2.14. The molecule has 0 bridgehead atoms. The number of anilines is 1. The molecule has 2 aromatic heterocycles. The highest BCUT2D eigenvalue weighted by Crippen LogP contribution is 2.24. The minimum absolute atomic E-state index is 0.275. The summed E-state index contributed by atoms with van der Waals surface area (Å²) in [6.45, 7) is 1.75. The van der Waals surface area contributed by atoms with Crippen molar-refractivity contribution in [1.82, 2.24) is 14.8 Å². The molecule has 110 valence electrons. The second kappa shape index (κ2) is 5.99. The van der Waals surface area contributed by atoms with E-state index < -0.39 is 0 Å². The summed E-state index contributed by atoms with van der Waals surface area (Å²) in [5.74, 6) is 0.138. The zero-order chi connectivity index (χ0) is 15.5. The van der Waals surface area contributed by atoms with Crippen molar-refractivity contribution < 1.29 is 4.79 Å². The van der Waals surface area contributed by atoms with Crippen LogP contribution >= 0.6 is 11.6 Å². The Kier molecular flexibility index (Phi) is 3.89. The Morgan fingerprint density at radius 1 is 1.14 bits per heavy atom. The minimum Gasteiger partial charge on any atom is -0.306 e. The molecule has 5 nitrogen and oxygen atoms in total. The quantitative estimate of drug-likeness (QED) is 0.805. The summed E-state index contributed by atoms with van der Waals surface area (Å²) in [5, 5.41) is 7.34. The third-order valence-corrected chi connectivity index (χ3v) is 3.49. The van der Waals surface area contributed by atoms with Crippen LogP contribution in [0.15, 0.2) is 54.7 Å². The zero-order valence-electron chi connectivity index (χ0n) is 11.8. The maximum Gasteiger partial charge on any atom is 0.261 e. The molecule has 1 aromatic carbocycles. The molecule has 1 N–H and O–H groups in total. The minimum atomic E-state index is -0.330. The van der Waals surface area contributed by atoms with Crippen molar-refractivity contribution in [1.29, 1.82) is 0 Å². The number of aryl methyl sites for hydroxylation is 1. The molecule has 0 aliphatic carbocycles. The van der Waals surface area contributed by atoms with E-state index in [4.69, 9.17) is 11.6 Å². The highest BCUT2D eigenvalue weighted by atomic mass is 35.5. The summed E-state index contributed by atoms with van der Waals surface area (Å²) < 4.78 is 1.55. The van der Waals surface area contributed by atoms with Gasteiger partial charge in [-0.3, -0.25) is 4.79 Å². The second-order valence-electron chi connectivity index (χ2n) is 4.67. The van der Waals surface area contributed by atoms with E-state index in [1.807, 2.05) is 30.3 Å². The molecule has 2 heterocycles. The Hall–Kier alpha value is -2.66. The van der Waals surface area contributed by atoms with Crippen LogP contribution in [0.4, 0.5) is 5.82 Å². The molecule has 0 spiro atoms. The van der Waals surface area contributed by atoms with E-state index >= 15 is 0 Å². The Bertz CT molecular complexity index is 800. The molecule has 0 saturated heterocycles. The average Bonchev–Trinajstić information content (AvgIpc) is 2.84. The smallest absolute Gasteiger partial charge is 0.261 e. The Balaban J connectivity index is 1.95. The summed E-state index contributed by atoms with van der Waals surface area (Å²) in [6, 6.07) is 14.7. The van der Waals surface area contributed by atoms with Gasteiger partial charge in [0.25, 0.3) is 5.91 Å². The SMILES string of the molecule is Cc1nn(-c2ccccc2)c(Cl)c1C(=O)Nc1ccccn1. The highest BCUT2D eigenvalue weighted by molar-refractivity contribution is 6.34. The predicted octanol–water partition coefficient (Wildman–Crippen LogP) is 3.48. The number of para-hydroxylation sites is 1. The molecule has 0 aliphatic rings. The third kappa shape index (κ3) is 2.71. The van der Waals surface area contributed by atoms with Gasteiger partial charge in [-0.05, 0) is 31.2 Å². The van der Waals surface area contributed by atoms with E-state index in [-0.39, 0.29) is 11.1 Å². The van der Waals surface area contributed by atoms with Gasteiger partial charge in [-0.15, -0.1) is 0 Å². The monoisotopic (exact) mass is 312 g/mol. The molecule has 1 amide bonds. The Morgan fingerprint density at radius 2 is 1.86 bits per heavy atom. The van der Waals surface area contributed by atoms with Gasteiger partial charge in [0.15, 0.2) is 0 Å². The number of aromatic nitrogens is 3. The molecule has 3 aromatic rings. The number of halogens is 1. The summed E-state index contributed by atoms with van der Waals surface area (Å²) in [4.78, 5) is 16.5. The molecule has 0 fully saturated rings. The first kappa shape index (κ1) is 14.3. The number of nitrogens with one attached hydrogen (secondary N) is 1. The van der Waals surface area contributed by atoms with Crippen LogP contribution in [0, 0.1) is 6.92 Å². The van der Waals surface area contributed by atoms with Crippen molar-refractivity contribution in [2.75, 3.05) is 5.32 Å². The number of nitrogens with zero attached hydrogens (tertiary/aromatic N) is 3. The van der Waals surface area contributed by atoms with Crippen LogP contribution in [0.25, 0.3) is 5.69 Å². The number of rotatable bonds is 3. The van der Waals surface area contributed by atoms with E-state index in [0.29, 0.717) is 17.1 Å². The predicted molar refractivity (Wildman–Crippen MR) is 85.5 cm³/mol. The van der Waals surface area contributed by atoms with E-state index in [2.05, 4.69) is 15.4 Å². The standard InChI is InChI=1S/C16H13ClN4O/c1-11-14(16(22)19-13-9-5-6-10-18-13)15(17)21(20-11)12-7-3-2-4-8-12/h2-10H,1H3,(H,18,19,22). The normalized spacial score (nSPS) is 10.5. The van der Waals surface area contributed by atoms with Crippen molar-refractivity contribution in [3.63, 3.8) is 0 Å². The van der Waals surface area contributed by atoms with Gasteiger partial charge in [-0.1, -0.05) is 35.9 Å².